The fourth-order valence-corrected chi connectivity index (χ4v) is 5.27. The van der Waals surface area contributed by atoms with Crippen LogP contribution in [0.1, 0.15) is 40.4 Å². The molecule has 0 unspecified atom stereocenters. The quantitative estimate of drug-likeness (QED) is 0.286. The molecule has 5 aromatic rings. The van der Waals surface area contributed by atoms with E-state index in [0.717, 1.165) is 48.0 Å². The van der Waals surface area contributed by atoms with Crippen molar-refractivity contribution in [1.82, 2.24) is 14.6 Å². The van der Waals surface area contributed by atoms with Crippen molar-refractivity contribution >= 4 is 28.1 Å². The Morgan fingerprint density at radius 2 is 1.68 bits per heavy atom. The lowest BCUT2D eigenvalue weighted by atomic mass is 9.89. The van der Waals surface area contributed by atoms with Gasteiger partial charge in [0, 0.05) is 29.5 Å². The largest absolute Gasteiger partial charge is 0.486 e. The number of carbonyl (C=O) groups excluding carboxylic acids is 1. The highest BCUT2D eigenvalue weighted by molar-refractivity contribution is 6.06. The molecular weight excluding hydrogens is 464 g/mol. The summed E-state index contributed by atoms with van der Waals surface area (Å²) in [6.45, 7) is 2.27. The van der Waals surface area contributed by atoms with E-state index in [1.807, 2.05) is 36.4 Å². The molecule has 0 N–H and O–H groups in total. The highest BCUT2D eigenvalue weighted by atomic mass is 16.5. The summed E-state index contributed by atoms with van der Waals surface area (Å²) in [4.78, 5) is 19.8. The summed E-state index contributed by atoms with van der Waals surface area (Å²) in [6, 6.07) is 26.9. The number of hydrogen-bond donors (Lipinski definition) is 0. The molecule has 1 aliphatic heterocycles. The number of esters is 1. The van der Waals surface area contributed by atoms with Crippen LogP contribution in [-0.4, -0.2) is 40.8 Å². The van der Waals surface area contributed by atoms with Gasteiger partial charge in [0.1, 0.15) is 12.9 Å². The van der Waals surface area contributed by atoms with Crippen molar-refractivity contribution in [2.45, 2.75) is 25.4 Å². The first-order valence-electron chi connectivity index (χ1n) is 12.6. The van der Waals surface area contributed by atoms with E-state index in [1.54, 1.807) is 0 Å². The molecule has 2 aromatic heterocycles. The smallest absolute Gasteiger partial charge is 0.360 e. The van der Waals surface area contributed by atoms with Crippen molar-refractivity contribution in [1.29, 1.82) is 0 Å². The second kappa shape index (κ2) is 9.93. The first-order chi connectivity index (χ1) is 18.2. The van der Waals surface area contributed by atoms with Crippen LogP contribution in [0.3, 0.4) is 0 Å². The standard InChI is InChI=1S/C30H28N4O3/c1-36-30(35)27-28(37-19-21-8-4-2-5-9-21)25-13-12-24(18-26(25)29-31-20-32-34(27)29)33-16-14-23(15-17-33)22-10-6-3-7-11-22/h2-13,18,20,23H,14-17,19H2,1H3. The highest BCUT2D eigenvalue weighted by Crippen LogP contribution is 2.37. The molecule has 1 saturated heterocycles. The average molecular weight is 493 g/mol. The third kappa shape index (κ3) is 4.37. The molecule has 3 heterocycles. The number of aromatic nitrogens is 3. The minimum atomic E-state index is -0.521. The van der Waals surface area contributed by atoms with Gasteiger partial charge in [0.25, 0.3) is 0 Å². The number of ether oxygens (including phenoxy) is 2. The van der Waals surface area contributed by atoms with Gasteiger partial charge in [-0.25, -0.2) is 14.3 Å². The molecule has 6 rings (SSSR count). The Bertz CT molecular complexity index is 1540. The Kier molecular flexibility index (Phi) is 6.18. The third-order valence-electron chi connectivity index (χ3n) is 7.20. The number of carbonyl (C=O) groups is 1. The molecule has 0 atom stereocenters. The van der Waals surface area contributed by atoms with E-state index in [1.165, 1.54) is 23.5 Å². The number of hydrogen-bond acceptors (Lipinski definition) is 6. The Labute approximate surface area is 215 Å². The Balaban J connectivity index is 1.37. The number of pyridine rings is 1. The number of nitrogens with zero attached hydrogens (tertiary/aromatic N) is 4. The van der Waals surface area contributed by atoms with Crippen molar-refractivity contribution < 1.29 is 14.3 Å². The van der Waals surface area contributed by atoms with Crippen LogP contribution >= 0.6 is 0 Å². The van der Waals surface area contributed by atoms with Gasteiger partial charge in [0.2, 0.25) is 0 Å². The molecule has 0 radical (unpaired) electrons. The number of anilines is 1. The normalized spacial score (nSPS) is 14.2. The van der Waals surface area contributed by atoms with Crippen LogP contribution in [0.5, 0.6) is 5.75 Å². The van der Waals surface area contributed by atoms with E-state index in [4.69, 9.17) is 9.47 Å². The van der Waals surface area contributed by atoms with Crippen molar-refractivity contribution in [2.24, 2.45) is 0 Å². The highest BCUT2D eigenvalue weighted by Gasteiger charge is 2.26. The van der Waals surface area contributed by atoms with Crippen LogP contribution < -0.4 is 9.64 Å². The van der Waals surface area contributed by atoms with Gasteiger partial charge in [-0.2, -0.15) is 5.10 Å². The van der Waals surface area contributed by atoms with Crippen molar-refractivity contribution in [3.05, 3.63) is 102 Å². The zero-order valence-electron chi connectivity index (χ0n) is 20.7. The summed E-state index contributed by atoms with van der Waals surface area (Å²) >= 11 is 0. The Hall–Kier alpha value is -4.39. The molecule has 37 heavy (non-hydrogen) atoms. The first kappa shape index (κ1) is 23.0. The van der Waals surface area contributed by atoms with E-state index in [9.17, 15) is 4.79 Å². The SMILES string of the molecule is COC(=O)c1c(OCc2ccccc2)c2ccc(N3CCC(c4ccccc4)CC3)cc2c2ncnn12. The second-order valence-corrected chi connectivity index (χ2v) is 9.34. The van der Waals surface area contributed by atoms with Crippen molar-refractivity contribution in [2.75, 3.05) is 25.1 Å². The van der Waals surface area contributed by atoms with Gasteiger partial charge in [-0.15, -0.1) is 0 Å². The molecule has 1 aliphatic rings. The zero-order chi connectivity index (χ0) is 25.2. The van der Waals surface area contributed by atoms with Gasteiger partial charge in [0.15, 0.2) is 17.1 Å². The monoisotopic (exact) mass is 492 g/mol. The summed E-state index contributed by atoms with van der Waals surface area (Å²) < 4.78 is 12.9. The third-order valence-corrected chi connectivity index (χ3v) is 7.20. The number of rotatable bonds is 6. The molecule has 0 spiro atoms. The molecule has 186 valence electrons. The lowest BCUT2D eigenvalue weighted by Gasteiger charge is -2.34. The van der Waals surface area contributed by atoms with Crippen LogP contribution in [0, 0.1) is 0 Å². The molecule has 0 amide bonds. The molecule has 0 saturated carbocycles. The van der Waals surface area contributed by atoms with Crippen LogP contribution in [0.2, 0.25) is 0 Å². The minimum Gasteiger partial charge on any atom is -0.486 e. The second-order valence-electron chi connectivity index (χ2n) is 9.34. The fraction of sp³-hybridized carbons (Fsp3) is 0.233. The summed E-state index contributed by atoms with van der Waals surface area (Å²) in [5.41, 5.74) is 4.38. The molecule has 7 nitrogen and oxygen atoms in total. The summed E-state index contributed by atoms with van der Waals surface area (Å²) in [6.07, 6.45) is 3.67. The predicted octanol–water partition coefficient (Wildman–Crippen LogP) is 5.63. The molecule has 0 aliphatic carbocycles. The van der Waals surface area contributed by atoms with E-state index >= 15 is 0 Å². The van der Waals surface area contributed by atoms with E-state index in [2.05, 4.69) is 57.4 Å². The van der Waals surface area contributed by atoms with Crippen LogP contribution in [0.15, 0.2) is 85.2 Å². The van der Waals surface area contributed by atoms with Gasteiger partial charge >= 0.3 is 5.97 Å². The summed E-state index contributed by atoms with van der Waals surface area (Å²) in [7, 11) is 1.36. The van der Waals surface area contributed by atoms with Crippen LogP contribution in [-0.2, 0) is 11.3 Å². The lowest BCUT2D eigenvalue weighted by molar-refractivity contribution is 0.0585. The molecule has 0 bridgehead atoms. The maximum atomic E-state index is 12.9. The number of fused-ring (bicyclic) bond motifs is 3. The number of piperidine rings is 1. The fourth-order valence-electron chi connectivity index (χ4n) is 5.27. The zero-order valence-corrected chi connectivity index (χ0v) is 20.7. The molecule has 3 aromatic carbocycles. The van der Waals surface area contributed by atoms with Crippen LogP contribution in [0.4, 0.5) is 5.69 Å². The lowest BCUT2D eigenvalue weighted by Crippen LogP contribution is -2.32. The van der Waals surface area contributed by atoms with E-state index < -0.39 is 5.97 Å². The Morgan fingerprint density at radius 3 is 2.41 bits per heavy atom. The maximum absolute atomic E-state index is 12.9. The topological polar surface area (TPSA) is 69.0 Å². The predicted molar refractivity (Wildman–Crippen MR) is 143 cm³/mol. The van der Waals surface area contributed by atoms with E-state index in [-0.39, 0.29) is 5.69 Å². The Morgan fingerprint density at radius 1 is 0.946 bits per heavy atom. The molecule has 7 heteroatoms. The van der Waals surface area contributed by atoms with E-state index in [0.29, 0.717) is 23.9 Å². The van der Waals surface area contributed by atoms with Crippen molar-refractivity contribution in [3.8, 4) is 5.75 Å². The number of benzene rings is 3. The summed E-state index contributed by atoms with van der Waals surface area (Å²) in [5, 5.41) is 6.04. The summed E-state index contributed by atoms with van der Waals surface area (Å²) in [5.74, 6) is 0.507. The first-order valence-corrected chi connectivity index (χ1v) is 12.6. The minimum absolute atomic E-state index is 0.231. The number of methoxy groups -OCH3 is 1. The maximum Gasteiger partial charge on any atom is 0.360 e. The van der Waals surface area contributed by atoms with Crippen LogP contribution in [0.25, 0.3) is 16.4 Å². The van der Waals surface area contributed by atoms with Gasteiger partial charge in [-0.1, -0.05) is 60.7 Å². The average Bonchev–Trinajstić information content (AvgIpc) is 3.46. The van der Waals surface area contributed by atoms with Gasteiger partial charge in [-0.05, 0) is 48.1 Å². The van der Waals surface area contributed by atoms with Gasteiger partial charge < -0.3 is 14.4 Å². The van der Waals surface area contributed by atoms with Gasteiger partial charge in [-0.3, -0.25) is 0 Å². The van der Waals surface area contributed by atoms with Crippen molar-refractivity contribution in [3.63, 3.8) is 0 Å². The molecule has 1 fully saturated rings. The molecular formula is C30H28N4O3. The van der Waals surface area contributed by atoms with Gasteiger partial charge in [0.05, 0.1) is 7.11 Å².